The number of hydrogen-bond acceptors (Lipinski definition) is 3. The van der Waals surface area contributed by atoms with Crippen LogP contribution in [0.1, 0.15) is 31.9 Å². The second-order valence-corrected chi connectivity index (χ2v) is 5.49. The molecule has 0 spiro atoms. The highest BCUT2D eigenvalue weighted by Crippen LogP contribution is 2.22. The molecule has 0 aliphatic heterocycles. The van der Waals surface area contributed by atoms with Gasteiger partial charge in [0.05, 0.1) is 0 Å². The lowest BCUT2D eigenvalue weighted by Gasteiger charge is -2.21. The van der Waals surface area contributed by atoms with Crippen molar-refractivity contribution in [3.63, 3.8) is 0 Å². The third-order valence-corrected chi connectivity index (χ3v) is 2.98. The molecule has 0 aliphatic rings. The zero-order valence-corrected chi connectivity index (χ0v) is 13.5. The minimum atomic E-state index is -0.443. The van der Waals surface area contributed by atoms with Crippen LogP contribution in [0.2, 0.25) is 0 Å². The number of hydrogen-bond donors (Lipinski definition) is 0. The van der Waals surface area contributed by atoms with E-state index in [2.05, 4.69) is 39.8 Å². The van der Waals surface area contributed by atoms with Gasteiger partial charge in [0.2, 0.25) is 0 Å². The molecule has 0 unspecified atom stereocenters. The number of rotatable bonds is 4. The molecule has 5 heteroatoms. The van der Waals surface area contributed by atoms with Gasteiger partial charge in [0, 0.05) is 7.11 Å². The smallest absolute Gasteiger partial charge is 0.409 e. The zero-order valence-electron chi connectivity index (χ0n) is 11.5. The Morgan fingerprint density at radius 2 is 1.88 bits per heavy atom. The van der Waals surface area contributed by atoms with Crippen LogP contribution in [0.5, 0.6) is 0 Å². The predicted molar refractivity (Wildman–Crippen MR) is 74.4 cm³/mol. The maximum Gasteiger partial charge on any atom is 0.523 e. The molecule has 0 saturated heterocycles. The van der Waals surface area contributed by atoms with E-state index >= 15 is 0 Å². The number of aryl methyl sites for hydroxylation is 1. The standard InChI is InChI=1S/C12H21BO3Si/c1-9-8-10(12(2,3)4)6-7-11(9)13(14-5)15-16-17/h6-8H,1-5,17H3. The van der Waals surface area contributed by atoms with Gasteiger partial charge in [-0.3, -0.25) is 4.81 Å². The molecule has 0 atom stereocenters. The van der Waals surface area contributed by atoms with Crippen LogP contribution in [0.3, 0.4) is 0 Å². The third-order valence-electron chi connectivity index (χ3n) is 2.79. The Morgan fingerprint density at radius 3 is 2.29 bits per heavy atom. The molecule has 0 aromatic heterocycles. The SMILES string of the molecule is COB(OO[SiH3])c1ccc(C(C)(C)C)cc1C. The van der Waals surface area contributed by atoms with Crippen molar-refractivity contribution >= 4 is 23.1 Å². The molecule has 0 amide bonds. The van der Waals surface area contributed by atoms with Crippen LogP contribution in [-0.4, -0.2) is 24.7 Å². The average molecular weight is 252 g/mol. The average Bonchev–Trinajstić information content (AvgIpc) is 2.25. The van der Waals surface area contributed by atoms with Crippen molar-refractivity contribution < 1.29 is 14.0 Å². The van der Waals surface area contributed by atoms with E-state index in [4.69, 9.17) is 14.0 Å². The van der Waals surface area contributed by atoms with Crippen molar-refractivity contribution in [1.82, 2.24) is 0 Å². The van der Waals surface area contributed by atoms with E-state index in [0.29, 0.717) is 10.5 Å². The molecule has 3 nitrogen and oxygen atoms in total. The molecule has 0 bridgehead atoms. The lowest BCUT2D eigenvalue weighted by Crippen LogP contribution is -2.37. The van der Waals surface area contributed by atoms with Crippen LogP contribution in [-0.2, 0) is 19.5 Å². The molecule has 0 saturated carbocycles. The highest BCUT2D eigenvalue weighted by Gasteiger charge is 2.24. The van der Waals surface area contributed by atoms with Crippen molar-refractivity contribution in [3.05, 3.63) is 29.3 Å². The summed E-state index contributed by atoms with van der Waals surface area (Å²) in [7, 11) is 1.70. The van der Waals surface area contributed by atoms with E-state index in [1.807, 2.05) is 6.07 Å². The first-order valence-corrected chi connectivity index (χ1v) is 6.55. The minimum absolute atomic E-state index is 0.154. The Hall–Kier alpha value is -0.618. The fraction of sp³-hybridized carbons (Fsp3) is 0.500. The zero-order chi connectivity index (χ0) is 13.1. The number of benzene rings is 1. The van der Waals surface area contributed by atoms with Crippen molar-refractivity contribution in [1.29, 1.82) is 0 Å². The molecular formula is C12H21BO3Si. The van der Waals surface area contributed by atoms with Gasteiger partial charge in [0.25, 0.3) is 0 Å². The summed E-state index contributed by atoms with van der Waals surface area (Å²) < 4.78 is 10.1. The summed E-state index contributed by atoms with van der Waals surface area (Å²) in [6.07, 6.45) is 0. The Morgan fingerprint density at radius 1 is 1.24 bits per heavy atom. The largest absolute Gasteiger partial charge is 0.523 e. The molecule has 1 aromatic carbocycles. The van der Waals surface area contributed by atoms with Gasteiger partial charge in [-0.1, -0.05) is 44.5 Å². The third kappa shape index (κ3) is 3.67. The fourth-order valence-electron chi connectivity index (χ4n) is 1.71. The maximum absolute atomic E-state index is 5.26. The van der Waals surface area contributed by atoms with Crippen LogP contribution in [0.4, 0.5) is 0 Å². The van der Waals surface area contributed by atoms with Crippen LogP contribution < -0.4 is 5.46 Å². The second-order valence-electron chi connectivity index (χ2n) is 5.15. The summed E-state index contributed by atoms with van der Waals surface area (Å²) in [5.41, 5.74) is 3.63. The van der Waals surface area contributed by atoms with Gasteiger partial charge in [-0.2, -0.15) is 0 Å². The van der Waals surface area contributed by atoms with Gasteiger partial charge in [-0.15, -0.1) is 0 Å². The summed E-state index contributed by atoms with van der Waals surface area (Å²) in [4.78, 5) is 5.12. The van der Waals surface area contributed by atoms with Crippen molar-refractivity contribution in [3.8, 4) is 0 Å². The van der Waals surface area contributed by atoms with Crippen LogP contribution in [0.25, 0.3) is 0 Å². The summed E-state index contributed by atoms with van der Waals surface area (Å²) in [6, 6.07) is 6.34. The van der Waals surface area contributed by atoms with Gasteiger partial charge in [0.15, 0.2) is 10.5 Å². The Kier molecular flexibility index (Phi) is 4.94. The first kappa shape index (κ1) is 14.4. The summed E-state index contributed by atoms with van der Waals surface area (Å²) in [6.45, 7) is 8.67. The molecule has 0 fully saturated rings. The Bertz CT molecular complexity index is 377. The maximum atomic E-state index is 5.26. The minimum Gasteiger partial charge on any atom is -0.409 e. The lowest BCUT2D eigenvalue weighted by molar-refractivity contribution is -0.113. The van der Waals surface area contributed by atoms with Gasteiger partial charge >= 0.3 is 7.12 Å². The topological polar surface area (TPSA) is 27.7 Å². The van der Waals surface area contributed by atoms with Crippen molar-refractivity contribution in [2.45, 2.75) is 33.1 Å². The predicted octanol–water partition coefficient (Wildman–Crippen LogP) is 0.863. The summed E-state index contributed by atoms with van der Waals surface area (Å²) >= 11 is 0. The normalized spacial score (nSPS) is 11.8. The van der Waals surface area contributed by atoms with Gasteiger partial charge < -0.3 is 9.23 Å². The molecule has 17 heavy (non-hydrogen) atoms. The fourth-order valence-corrected chi connectivity index (χ4v) is 1.89. The molecule has 1 aromatic rings. The molecular weight excluding hydrogens is 231 g/mol. The monoisotopic (exact) mass is 252 g/mol. The van der Waals surface area contributed by atoms with E-state index in [1.165, 1.54) is 5.56 Å². The first-order chi connectivity index (χ1) is 7.90. The highest BCUT2D eigenvalue weighted by atomic mass is 28.2. The summed E-state index contributed by atoms with van der Waals surface area (Å²) in [5, 5.41) is 0. The first-order valence-electron chi connectivity index (χ1n) is 5.73. The molecule has 94 valence electrons. The quantitative estimate of drug-likeness (QED) is 0.452. The van der Waals surface area contributed by atoms with E-state index in [1.54, 1.807) is 7.11 Å². The Labute approximate surface area is 107 Å². The van der Waals surface area contributed by atoms with Crippen molar-refractivity contribution in [2.75, 3.05) is 7.11 Å². The lowest BCUT2D eigenvalue weighted by atomic mass is 9.74. The molecule has 0 aliphatic carbocycles. The van der Waals surface area contributed by atoms with Gasteiger partial charge in [-0.05, 0) is 23.4 Å². The van der Waals surface area contributed by atoms with Crippen LogP contribution in [0.15, 0.2) is 18.2 Å². The molecule has 0 heterocycles. The second kappa shape index (κ2) is 5.82. The van der Waals surface area contributed by atoms with E-state index in [9.17, 15) is 0 Å². The van der Waals surface area contributed by atoms with Gasteiger partial charge in [0.1, 0.15) is 0 Å². The van der Waals surface area contributed by atoms with E-state index in [0.717, 1.165) is 11.0 Å². The van der Waals surface area contributed by atoms with E-state index < -0.39 is 7.12 Å². The summed E-state index contributed by atoms with van der Waals surface area (Å²) in [5.74, 6) is 0. The highest BCUT2D eigenvalue weighted by molar-refractivity contribution is 6.61. The van der Waals surface area contributed by atoms with E-state index in [-0.39, 0.29) is 5.41 Å². The van der Waals surface area contributed by atoms with Gasteiger partial charge in [-0.25, -0.2) is 0 Å². The molecule has 0 radical (unpaired) electrons. The van der Waals surface area contributed by atoms with Crippen molar-refractivity contribution in [2.24, 2.45) is 0 Å². The Balaban J connectivity index is 3.04. The van der Waals surface area contributed by atoms with Crippen LogP contribution >= 0.6 is 0 Å². The van der Waals surface area contributed by atoms with Crippen LogP contribution in [0, 0.1) is 6.92 Å². The molecule has 1 rings (SSSR count). The molecule has 0 N–H and O–H groups in total.